The van der Waals surface area contributed by atoms with E-state index in [4.69, 9.17) is 16.6 Å². The van der Waals surface area contributed by atoms with Gasteiger partial charge in [-0.2, -0.15) is 0 Å². The first kappa shape index (κ1) is 11.9. The molecule has 0 bridgehead atoms. The Labute approximate surface area is 110 Å². The molecule has 1 aromatic carbocycles. The Morgan fingerprint density at radius 2 is 2.28 bits per heavy atom. The monoisotopic (exact) mass is 265 g/mol. The average Bonchev–Trinajstić information content (AvgIpc) is 2.66. The van der Waals surface area contributed by atoms with E-state index in [1.54, 1.807) is 0 Å². The third-order valence-corrected chi connectivity index (χ3v) is 3.85. The maximum absolute atomic E-state index is 9.71. The van der Waals surface area contributed by atoms with Crippen LogP contribution in [0.3, 0.4) is 0 Å². The van der Waals surface area contributed by atoms with Gasteiger partial charge in [-0.3, -0.25) is 4.57 Å². The van der Waals surface area contributed by atoms with Gasteiger partial charge in [0.25, 0.3) is 4.84 Å². The normalized spacial score (nSPS) is 24.5. The second kappa shape index (κ2) is 4.84. The number of nitrogens with zero attached hydrogens (tertiary/aromatic N) is 1. The van der Waals surface area contributed by atoms with Crippen molar-refractivity contribution in [3.63, 3.8) is 0 Å². The maximum Gasteiger partial charge on any atom is 0.274 e. The first-order chi connectivity index (χ1) is 8.74. The van der Waals surface area contributed by atoms with Gasteiger partial charge in [0, 0.05) is 0 Å². The Kier molecular flexibility index (Phi) is 3.20. The van der Waals surface area contributed by atoms with Crippen LogP contribution in [0.25, 0.3) is 11.1 Å². The smallest absolute Gasteiger partial charge is 0.274 e. The Morgan fingerprint density at radius 1 is 1.44 bits per heavy atom. The number of para-hydroxylation sites is 2. The van der Waals surface area contributed by atoms with Gasteiger partial charge in [-0.05, 0) is 37.2 Å². The van der Waals surface area contributed by atoms with Crippen LogP contribution in [0.5, 0.6) is 0 Å². The van der Waals surface area contributed by atoms with Crippen LogP contribution in [0.4, 0.5) is 0 Å². The summed E-state index contributed by atoms with van der Waals surface area (Å²) in [6.07, 6.45) is 1.81. The average molecular weight is 265 g/mol. The fraction of sp³-hybridized carbons (Fsp3) is 0.462. The molecule has 96 valence electrons. The molecule has 0 saturated carbocycles. The van der Waals surface area contributed by atoms with Gasteiger partial charge >= 0.3 is 0 Å². The summed E-state index contributed by atoms with van der Waals surface area (Å²) in [5.41, 5.74) is 1.87. The molecule has 0 amide bonds. The molecule has 0 aliphatic carbocycles. The largest absolute Gasteiger partial charge is 0.429 e. The highest BCUT2D eigenvalue weighted by atomic mass is 32.1. The van der Waals surface area contributed by atoms with Crippen molar-refractivity contribution >= 4 is 23.3 Å². The molecular weight excluding hydrogens is 248 g/mol. The van der Waals surface area contributed by atoms with Gasteiger partial charge in [0.1, 0.15) is 12.6 Å². The van der Waals surface area contributed by atoms with Gasteiger partial charge in [0.15, 0.2) is 12.3 Å². The number of aromatic nitrogens is 1. The molecule has 2 atom stereocenters. The number of quaternary nitrogens is 1. The number of hydrogen-bond donors (Lipinski definition) is 2. The number of aliphatic hydroxyl groups is 1. The second-order valence-corrected chi connectivity index (χ2v) is 5.27. The van der Waals surface area contributed by atoms with Gasteiger partial charge in [0.2, 0.25) is 0 Å². The molecule has 1 aliphatic heterocycles. The number of aliphatic hydroxyl groups excluding tert-OH is 1. The standard InChI is InChI=1S/C13H16N2O2S/c16-10-4-3-7-14(8-10)9-15-11-5-1-2-6-12(11)17-13(15)18/h1-2,5-6,10,16H,3-4,7-9H2/p+1/t10-/m1/s1. The molecule has 1 aromatic heterocycles. The van der Waals surface area contributed by atoms with Gasteiger partial charge in [-0.1, -0.05) is 12.1 Å². The van der Waals surface area contributed by atoms with Crippen LogP contribution in [-0.2, 0) is 6.67 Å². The number of nitrogens with one attached hydrogen (secondary N) is 1. The minimum atomic E-state index is -0.180. The van der Waals surface area contributed by atoms with Gasteiger partial charge in [-0.25, -0.2) is 0 Å². The molecule has 1 fully saturated rings. The SMILES string of the molecule is O[C@@H]1CCC[NH+](Cn2c(=S)oc3ccccc32)C1. The van der Waals surface area contributed by atoms with Crippen LogP contribution >= 0.6 is 12.2 Å². The van der Waals surface area contributed by atoms with Crippen LogP contribution in [0, 0.1) is 4.84 Å². The third kappa shape index (κ3) is 2.21. The lowest BCUT2D eigenvalue weighted by Crippen LogP contribution is -3.13. The Morgan fingerprint density at radius 3 is 3.11 bits per heavy atom. The van der Waals surface area contributed by atoms with Crippen molar-refractivity contribution in [2.45, 2.75) is 25.6 Å². The van der Waals surface area contributed by atoms with E-state index in [1.165, 1.54) is 4.90 Å². The predicted molar refractivity (Wildman–Crippen MR) is 71.0 cm³/mol. The molecule has 5 heteroatoms. The summed E-state index contributed by atoms with van der Waals surface area (Å²) < 4.78 is 7.60. The number of oxazole rings is 1. The molecule has 1 saturated heterocycles. The Hall–Kier alpha value is -1.17. The summed E-state index contributed by atoms with van der Waals surface area (Å²) >= 11 is 5.27. The summed E-state index contributed by atoms with van der Waals surface area (Å²) in [5.74, 6) is 0. The van der Waals surface area contributed by atoms with E-state index in [2.05, 4.69) is 0 Å². The molecule has 2 aromatic rings. The summed E-state index contributed by atoms with van der Waals surface area (Å²) in [5, 5.41) is 9.71. The lowest BCUT2D eigenvalue weighted by atomic mass is 10.1. The first-order valence-electron chi connectivity index (χ1n) is 6.34. The topological polar surface area (TPSA) is 42.7 Å². The zero-order chi connectivity index (χ0) is 12.5. The van der Waals surface area contributed by atoms with Gasteiger partial charge < -0.3 is 14.4 Å². The zero-order valence-corrected chi connectivity index (χ0v) is 10.9. The molecule has 1 unspecified atom stereocenters. The molecule has 3 rings (SSSR count). The second-order valence-electron chi connectivity index (χ2n) is 4.92. The zero-order valence-electron chi connectivity index (χ0n) is 10.1. The Bertz CT molecular complexity index is 604. The van der Waals surface area contributed by atoms with Crippen molar-refractivity contribution in [1.29, 1.82) is 0 Å². The van der Waals surface area contributed by atoms with Crippen LogP contribution in [0.15, 0.2) is 28.7 Å². The van der Waals surface area contributed by atoms with Crippen LogP contribution in [-0.4, -0.2) is 28.9 Å². The highest BCUT2D eigenvalue weighted by Crippen LogP contribution is 2.15. The van der Waals surface area contributed by atoms with Crippen LogP contribution in [0.1, 0.15) is 12.8 Å². The number of hydrogen-bond acceptors (Lipinski definition) is 3. The summed E-state index contributed by atoms with van der Waals surface area (Å²) in [4.78, 5) is 1.88. The predicted octanol–water partition coefficient (Wildman–Crippen LogP) is 0.961. The summed E-state index contributed by atoms with van der Waals surface area (Å²) in [6.45, 7) is 2.65. The number of benzene rings is 1. The maximum atomic E-state index is 9.71. The molecule has 1 aliphatic rings. The number of piperidine rings is 1. The lowest BCUT2D eigenvalue weighted by molar-refractivity contribution is -0.930. The minimum absolute atomic E-state index is 0.180. The number of fused-ring (bicyclic) bond motifs is 1. The van der Waals surface area contributed by atoms with Crippen molar-refractivity contribution in [2.24, 2.45) is 0 Å². The van der Waals surface area contributed by atoms with E-state index >= 15 is 0 Å². The van der Waals surface area contributed by atoms with E-state index in [0.717, 1.165) is 43.7 Å². The van der Waals surface area contributed by atoms with Crippen LogP contribution in [0.2, 0.25) is 0 Å². The van der Waals surface area contributed by atoms with Crippen molar-refractivity contribution in [3.8, 4) is 0 Å². The number of likely N-dealkylation sites (tertiary alicyclic amines) is 1. The summed E-state index contributed by atoms with van der Waals surface area (Å²) in [7, 11) is 0. The van der Waals surface area contributed by atoms with Crippen molar-refractivity contribution < 1.29 is 14.4 Å². The molecule has 18 heavy (non-hydrogen) atoms. The van der Waals surface area contributed by atoms with E-state index in [9.17, 15) is 5.11 Å². The van der Waals surface area contributed by atoms with Crippen molar-refractivity contribution in [3.05, 3.63) is 29.1 Å². The molecule has 2 N–H and O–H groups in total. The fourth-order valence-electron chi connectivity index (χ4n) is 2.66. The molecule has 0 spiro atoms. The molecule has 0 radical (unpaired) electrons. The van der Waals surface area contributed by atoms with E-state index in [0.29, 0.717) is 4.84 Å². The van der Waals surface area contributed by atoms with E-state index < -0.39 is 0 Å². The third-order valence-electron chi connectivity index (χ3n) is 3.55. The van der Waals surface area contributed by atoms with Crippen molar-refractivity contribution in [1.82, 2.24) is 4.57 Å². The molecule has 4 nitrogen and oxygen atoms in total. The first-order valence-corrected chi connectivity index (χ1v) is 6.75. The van der Waals surface area contributed by atoms with Crippen molar-refractivity contribution in [2.75, 3.05) is 13.1 Å². The highest BCUT2D eigenvalue weighted by molar-refractivity contribution is 7.71. The summed E-state index contributed by atoms with van der Waals surface area (Å²) in [6, 6.07) is 7.89. The molecular formula is C13H17N2O2S+. The van der Waals surface area contributed by atoms with E-state index in [1.807, 2.05) is 28.8 Å². The van der Waals surface area contributed by atoms with E-state index in [-0.39, 0.29) is 6.10 Å². The van der Waals surface area contributed by atoms with Crippen LogP contribution < -0.4 is 4.90 Å². The number of rotatable bonds is 2. The van der Waals surface area contributed by atoms with Gasteiger partial charge in [-0.15, -0.1) is 0 Å². The lowest BCUT2D eigenvalue weighted by Gasteiger charge is -2.27. The Balaban J connectivity index is 1.90. The minimum Gasteiger partial charge on any atom is -0.429 e. The quantitative estimate of drug-likeness (QED) is 0.795. The molecule has 2 heterocycles. The fourth-order valence-corrected chi connectivity index (χ4v) is 2.91. The highest BCUT2D eigenvalue weighted by Gasteiger charge is 2.22. The van der Waals surface area contributed by atoms with Gasteiger partial charge in [0.05, 0.1) is 12.1 Å².